The fourth-order valence-electron chi connectivity index (χ4n) is 3.21. The Kier molecular flexibility index (Phi) is 5.43. The number of amides is 1. The zero-order valence-electron chi connectivity index (χ0n) is 16.1. The Hall–Kier alpha value is -4.13. The van der Waals surface area contributed by atoms with E-state index in [2.05, 4.69) is 10.4 Å². The van der Waals surface area contributed by atoms with Gasteiger partial charge in [0.05, 0.1) is 12.3 Å². The van der Waals surface area contributed by atoms with E-state index in [0.29, 0.717) is 11.5 Å². The van der Waals surface area contributed by atoms with Gasteiger partial charge in [0.25, 0.3) is 5.56 Å². The molecule has 0 bridgehead atoms. The Morgan fingerprint density at radius 3 is 2.20 bits per heavy atom. The SMILES string of the molecule is Nc1cc(-c2ccco2)nn(CC(=O)NC(c2ccccc2)c2ccccc2)c1=O. The lowest BCUT2D eigenvalue weighted by Gasteiger charge is -2.20. The molecule has 0 saturated heterocycles. The van der Waals surface area contributed by atoms with Crippen molar-refractivity contribution in [3.8, 4) is 11.5 Å². The predicted molar refractivity (Wildman–Crippen MR) is 113 cm³/mol. The lowest BCUT2D eigenvalue weighted by Crippen LogP contribution is -2.36. The molecular weight excluding hydrogens is 380 g/mol. The van der Waals surface area contributed by atoms with E-state index in [9.17, 15) is 9.59 Å². The zero-order chi connectivity index (χ0) is 20.9. The second-order valence-electron chi connectivity index (χ2n) is 6.75. The minimum Gasteiger partial charge on any atom is -0.463 e. The van der Waals surface area contributed by atoms with E-state index in [1.165, 1.54) is 12.3 Å². The third kappa shape index (κ3) is 4.15. The number of rotatable bonds is 6. The molecule has 3 N–H and O–H groups in total. The van der Waals surface area contributed by atoms with Crippen LogP contribution in [0.25, 0.3) is 11.5 Å². The number of carbonyl (C=O) groups is 1. The quantitative estimate of drug-likeness (QED) is 0.518. The lowest BCUT2D eigenvalue weighted by molar-refractivity contribution is -0.122. The van der Waals surface area contributed by atoms with Gasteiger partial charge in [0.2, 0.25) is 5.91 Å². The summed E-state index contributed by atoms with van der Waals surface area (Å²) in [7, 11) is 0. The van der Waals surface area contributed by atoms with Gasteiger partial charge in [-0.3, -0.25) is 9.59 Å². The summed E-state index contributed by atoms with van der Waals surface area (Å²) in [6, 6.07) is 23.7. The third-order valence-electron chi connectivity index (χ3n) is 4.64. The van der Waals surface area contributed by atoms with Gasteiger partial charge in [-0.15, -0.1) is 0 Å². The van der Waals surface area contributed by atoms with E-state index >= 15 is 0 Å². The minimum absolute atomic E-state index is 0.00753. The highest BCUT2D eigenvalue weighted by Crippen LogP contribution is 2.22. The number of anilines is 1. The zero-order valence-corrected chi connectivity index (χ0v) is 16.1. The van der Waals surface area contributed by atoms with Gasteiger partial charge >= 0.3 is 0 Å². The van der Waals surface area contributed by atoms with Crippen molar-refractivity contribution < 1.29 is 9.21 Å². The molecule has 0 radical (unpaired) electrons. The first kappa shape index (κ1) is 19.2. The Labute approximate surface area is 172 Å². The molecule has 0 aliphatic carbocycles. The number of nitrogens with two attached hydrogens (primary N) is 1. The Bertz CT molecular complexity index is 1150. The summed E-state index contributed by atoms with van der Waals surface area (Å²) < 4.78 is 6.37. The molecule has 7 heteroatoms. The van der Waals surface area contributed by atoms with Crippen molar-refractivity contribution in [1.82, 2.24) is 15.1 Å². The molecule has 2 aromatic heterocycles. The van der Waals surface area contributed by atoms with Crippen LogP contribution in [0, 0.1) is 0 Å². The second-order valence-corrected chi connectivity index (χ2v) is 6.75. The fourth-order valence-corrected chi connectivity index (χ4v) is 3.21. The van der Waals surface area contributed by atoms with Gasteiger partial charge < -0.3 is 15.5 Å². The Morgan fingerprint density at radius 1 is 1.00 bits per heavy atom. The first-order valence-electron chi connectivity index (χ1n) is 9.42. The topological polar surface area (TPSA) is 103 Å². The van der Waals surface area contributed by atoms with E-state index in [0.717, 1.165) is 15.8 Å². The fraction of sp³-hybridized carbons (Fsp3) is 0.0870. The van der Waals surface area contributed by atoms with Gasteiger partial charge in [0.1, 0.15) is 17.9 Å². The number of carbonyl (C=O) groups excluding carboxylic acids is 1. The normalized spacial score (nSPS) is 10.8. The van der Waals surface area contributed by atoms with E-state index in [-0.39, 0.29) is 24.2 Å². The molecule has 0 unspecified atom stereocenters. The molecule has 0 aliphatic heterocycles. The molecule has 0 atom stereocenters. The monoisotopic (exact) mass is 400 g/mol. The first-order chi connectivity index (χ1) is 14.6. The van der Waals surface area contributed by atoms with E-state index in [4.69, 9.17) is 10.2 Å². The summed E-state index contributed by atoms with van der Waals surface area (Å²) in [4.78, 5) is 25.3. The molecule has 0 fully saturated rings. The molecule has 7 nitrogen and oxygen atoms in total. The maximum Gasteiger partial charge on any atom is 0.290 e. The van der Waals surface area contributed by atoms with Gasteiger partial charge in [0.15, 0.2) is 5.76 Å². The van der Waals surface area contributed by atoms with Crippen molar-refractivity contribution in [2.75, 3.05) is 5.73 Å². The Morgan fingerprint density at radius 2 is 1.63 bits per heavy atom. The number of nitrogen functional groups attached to an aromatic ring is 1. The van der Waals surface area contributed by atoms with E-state index in [1.54, 1.807) is 12.1 Å². The Balaban J connectivity index is 1.61. The standard InChI is InChI=1S/C23H20N4O3/c24-18-14-19(20-12-7-13-30-20)26-27(23(18)29)15-21(28)25-22(16-8-3-1-4-9-16)17-10-5-2-6-11-17/h1-14,22H,15,24H2,(H,25,28). The van der Waals surface area contributed by atoms with Crippen molar-refractivity contribution in [1.29, 1.82) is 0 Å². The van der Waals surface area contributed by atoms with Gasteiger partial charge in [0, 0.05) is 0 Å². The molecular formula is C23H20N4O3. The predicted octanol–water partition coefficient (Wildman–Crippen LogP) is 2.99. The molecule has 150 valence electrons. The maximum atomic E-state index is 12.9. The first-order valence-corrected chi connectivity index (χ1v) is 9.42. The van der Waals surface area contributed by atoms with Crippen LogP contribution < -0.4 is 16.6 Å². The van der Waals surface area contributed by atoms with Crippen molar-refractivity contribution in [2.45, 2.75) is 12.6 Å². The molecule has 4 rings (SSSR count). The smallest absolute Gasteiger partial charge is 0.290 e. The molecule has 4 aromatic rings. The van der Waals surface area contributed by atoms with Gasteiger partial charge in [-0.05, 0) is 29.3 Å². The lowest BCUT2D eigenvalue weighted by atomic mass is 9.99. The summed E-state index contributed by atoms with van der Waals surface area (Å²) in [6.07, 6.45) is 1.50. The molecule has 2 heterocycles. The van der Waals surface area contributed by atoms with Crippen LogP contribution >= 0.6 is 0 Å². The molecule has 30 heavy (non-hydrogen) atoms. The highest BCUT2D eigenvalue weighted by atomic mass is 16.3. The van der Waals surface area contributed by atoms with Gasteiger partial charge in [-0.2, -0.15) is 5.10 Å². The van der Waals surface area contributed by atoms with Crippen LogP contribution in [0.2, 0.25) is 0 Å². The highest BCUT2D eigenvalue weighted by molar-refractivity contribution is 5.77. The highest BCUT2D eigenvalue weighted by Gasteiger charge is 2.18. The maximum absolute atomic E-state index is 12.9. The van der Waals surface area contributed by atoms with Crippen molar-refractivity contribution >= 4 is 11.6 Å². The van der Waals surface area contributed by atoms with Crippen LogP contribution in [0.15, 0.2) is 94.3 Å². The summed E-state index contributed by atoms with van der Waals surface area (Å²) in [6.45, 7) is -0.270. The summed E-state index contributed by atoms with van der Waals surface area (Å²) in [5.41, 5.74) is 7.55. The number of hydrogen-bond acceptors (Lipinski definition) is 5. The number of nitrogens with zero attached hydrogens (tertiary/aromatic N) is 2. The van der Waals surface area contributed by atoms with Crippen LogP contribution in [0.4, 0.5) is 5.69 Å². The summed E-state index contributed by atoms with van der Waals surface area (Å²) in [5, 5.41) is 7.23. The van der Waals surface area contributed by atoms with Crippen LogP contribution in [0.3, 0.4) is 0 Å². The van der Waals surface area contributed by atoms with Crippen molar-refractivity contribution in [2.24, 2.45) is 0 Å². The minimum atomic E-state index is -0.531. The van der Waals surface area contributed by atoms with E-state index < -0.39 is 5.56 Å². The number of benzene rings is 2. The summed E-state index contributed by atoms with van der Waals surface area (Å²) >= 11 is 0. The van der Waals surface area contributed by atoms with Crippen LogP contribution in [0.1, 0.15) is 17.2 Å². The van der Waals surface area contributed by atoms with Gasteiger partial charge in [-0.25, -0.2) is 4.68 Å². The molecule has 0 spiro atoms. The number of aromatic nitrogens is 2. The molecule has 0 saturated carbocycles. The average molecular weight is 400 g/mol. The largest absolute Gasteiger partial charge is 0.463 e. The van der Waals surface area contributed by atoms with Crippen LogP contribution in [0.5, 0.6) is 0 Å². The van der Waals surface area contributed by atoms with Crippen LogP contribution in [-0.4, -0.2) is 15.7 Å². The van der Waals surface area contributed by atoms with Crippen molar-refractivity contribution in [3.05, 3.63) is 107 Å². The number of nitrogens with one attached hydrogen (secondary N) is 1. The average Bonchev–Trinajstić information content (AvgIpc) is 3.31. The van der Waals surface area contributed by atoms with E-state index in [1.807, 2.05) is 60.7 Å². The molecule has 1 amide bonds. The third-order valence-corrected chi connectivity index (χ3v) is 4.64. The van der Waals surface area contributed by atoms with Crippen LogP contribution in [-0.2, 0) is 11.3 Å². The van der Waals surface area contributed by atoms with Crippen molar-refractivity contribution in [3.63, 3.8) is 0 Å². The number of hydrogen-bond donors (Lipinski definition) is 2. The summed E-state index contributed by atoms with van der Waals surface area (Å²) in [5.74, 6) is 0.0978. The second kappa shape index (κ2) is 8.48. The number of furan rings is 1. The molecule has 0 aliphatic rings. The molecule has 2 aromatic carbocycles. The van der Waals surface area contributed by atoms with Gasteiger partial charge in [-0.1, -0.05) is 60.7 Å².